The third-order valence-electron chi connectivity index (χ3n) is 2.20. The molecule has 0 saturated carbocycles. The molecule has 5 heteroatoms. The largest absolute Gasteiger partial charge is 0.422 e. The molecule has 3 rings (SSSR count). The summed E-state index contributed by atoms with van der Waals surface area (Å²) in [5.41, 5.74) is 0.267. The molecule has 0 aliphatic heterocycles. The van der Waals surface area contributed by atoms with Crippen LogP contribution in [0.5, 0.6) is 0 Å². The Hall–Kier alpha value is -2.43. The van der Waals surface area contributed by atoms with Gasteiger partial charge in [0.15, 0.2) is 0 Å². The number of fused-ring (bicyclic) bond motifs is 1. The van der Waals surface area contributed by atoms with Gasteiger partial charge in [-0.25, -0.2) is 4.79 Å². The lowest BCUT2D eigenvalue weighted by molar-refractivity contribution is 0.426. The standard InChI is InChI=1S/C11H5N2O3/c14-11-8(10-12-6-13-16-10)5-7-3-1-2-4-9(7)15-11/h1-5H. The second kappa shape index (κ2) is 3.30. The van der Waals surface area contributed by atoms with E-state index in [2.05, 4.69) is 16.5 Å². The van der Waals surface area contributed by atoms with E-state index < -0.39 is 5.63 Å². The van der Waals surface area contributed by atoms with Crippen molar-refractivity contribution in [1.29, 1.82) is 0 Å². The highest BCUT2D eigenvalue weighted by molar-refractivity contribution is 5.79. The zero-order valence-corrected chi connectivity index (χ0v) is 8.01. The van der Waals surface area contributed by atoms with Crippen molar-refractivity contribution in [2.45, 2.75) is 0 Å². The van der Waals surface area contributed by atoms with Crippen molar-refractivity contribution in [3.8, 4) is 11.5 Å². The van der Waals surface area contributed by atoms with Crippen LogP contribution in [0.15, 0.2) is 44.1 Å². The summed E-state index contributed by atoms with van der Waals surface area (Å²) in [6.45, 7) is 0. The van der Waals surface area contributed by atoms with Crippen molar-refractivity contribution in [1.82, 2.24) is 10.1 Å². The van der Waals surface area contributed by atoms with E-state index in [0.29, 0.717) is 5.58 Å². The lowest BCUT2D eigenvalue weighted by atomic mass is 10.2. The van der Waals surface area contributed by atoms with Crippen molar-refractivity contribution in [2.75, 3.05) is 0 Å². The van der Waals surface area contributed by atoms with Gasteiger partial charge >= 0.3 is 5.63 Å². The molecule has 3 aromatic rings. The Morgan fingerprint density at radius 2 is 2.12 bits per heavy atom. The zero-order valence-electron chi connectivity index (χ0n) is 8.01. The Morgan fingerprint density at radius 1 is 1.25 bits per heavy atom. The van der Waals surface area contributed by atoms with Gasteiger partial charge in [0.05, 0.1) is 0 Å². The van der Waals surface area contributed by atoms with Crippen LogP contribution in [0.3, 0.4) is 0 Å². The molecular weight excluding hydrogens is 208 g/mol. The topological polar surface area (TPSA) is 69.1 Å². The van der Waals surface area contributed by atoms with Gasteiger partial charge in [-0.05, 0) is 12.1 Å². The average molecular weight is 213 g/mol. The Morgan fingerprint density at radius 3 is 2.94 bits per heavy atom. The third-order valence-corrected chi connectivity index (χ3v) is 2.20. The molecule has 2 aromatic heterocycles. The van der Waals surface area contributed by atoms with E-state index in [0.717, 1.165) is 5.39 Å². The molecule has 0 aliphatic rings. The maximum Gasteiger partial charge on any atom is 0.349 e. The minimum Gasteiger partial charge on any atom is -0.422 e. The maximum atomic E-state index is 11.6. The first-order valence-electron chi connectivity index (χ1n) is 4.57. The number of aromatic nitrogens is 2. The van der Waals surface area contributed by atoms with E-state index >= 15 is 0 Å². The fraction of sp³-hybridized carbons (Fsp3) is 0. The van der Waals surface area contributed by atoms with Crippen molar-refractivity contribution in [3.63, 3.8) is 0 Å². The Balaban J connectivity index is 2.34. The predicted octanol–water partition coefficient (Wildman–Crippen LogP) is 1.64. The molecule has 0 atom stereocenters. The van der Waals surface area contributed by atoms with E-state index in [1.54, 1.807) is 18.2 Å². The molecule has 0 saturated heterocycles. The highest BCUT2D eigenvalue weighted by Gasteiger charge is 2.11. The highest BCUT2D eigenvalue weighted by atomic mass is 16.5. The quantitative estimate of drug-likeness (QED) is 0.575. The number of rotatable bonds is 1. The van der Waals surface area contributed by atoms with Crippen LogP contribution in [0.1, 0.15) is 0 Å². The van der Waals surface area contributed by atoms with Gasteiger partial charge in [0, 0.05) is 5.39 Å². The minimum absolute atomic E-state index is 0.111. The van der Waals surface area contributed by atoms with Crippen molar-refractivity contribution >= 4 is 11.0 Å². The summed E-state index contributed by atoms with van der Waals surface area (Å²) in [6, 6.07) is 8.86. The van der Waals surface area contributed by atoms with Crippen LogP contribution in [-0.2, 0) is 0 Å². The summed E-state index contributed by atoms with van der Waals surface area (Å²) in [4.78, 5) is 15.3. The molecule has 0 unspecified atom stereocenters. The predicted molar refractivity (Wildman–Crippen MR) is 54.6 cm³/mol. The zero-order chi connectivity index (χ0) is 11.0. The van der Waals surface area contributed by atoms with Gasteiger partial charge in [-0.15, -0.1) is 0 Å². The van der Waals surface area contributed by atoms with Gasteiger partial charge < -0.3 is 8.94 Å². The number of benzene rings is 1. The first-order valence-corrected chi connectivity index (χ1v) is 4.57. The number of hydrogen-bond acceptors (Lipinski definition) is 5. The first kappa shape index (κ1) is 8.84. The van der Waals surface area contributed by atoms with Gasteiger partial charge in [-0.2, -0.15) is 4.98 Å². The Bertz CT molecular complexity index is 686. The smallest absolute Gasteiger partial charge is 0.349 e. The highest BCUT2D eigenvalue weighted by Crippen LogP contribution is 2.18. The van der Waals surface area contributed by atoms with Crippen LogP contribution in [0.2, 0.25) is 0 Å². The van der Waals surface area contributed by atoms with Crippen LogP contribution >= 0.6 is 0 Å². The lowest BCUT2D eigenvalue weighted by Gasteiger charge is -1.97. The normalized spacial score (nSPS) is 10.8. The van der Waals surface area contributed by atoms with Crippen LogP contribution in [0.25, 0.3) is 22.4 Å². The first-order chi connectivity index (χ1) is 7.84. The Kier molecular flexibility index (Phi) is 1.83. The van der Waals surface area contributed by atoms with Gasteiger partial charge in [0.25, 0.3) is 5.89 Å². The monoisotopic (exact) mass is 213 g/mol. The van der Waals surface area contributed by atoms with E-state index in [9.17, 15) is 4.79 Å². The Labute approximate surface area is 89.3 Å². The number of hydrogen-bond donors (Lipinski definition) is 0. The minimum atomic E-state index is -0.503. The fourth-order valence-electron chi connectivity index (χ4n) is 1.47. The molecule has 1 aromatic carbocycles. The number of para-hydroxylation sites is 1. The second-order valence-corrected chi connectivity index (χ2v) is 3.18. The summed E-state index contributed by atoms with van der Waals surface area (Å²) in [6.07, 6.45) is 2.26. The van der Waals surface area contributed by atoms with Crippen LogP contribution in [0, 0.1) is 6.33 Å². The molecule has 0 spiro atoms. The molecule has 77 valence electrons. The van der Waals surface area contributed by atoms with E-state index in [-0.39, 0.29) is 11.5 Å². The SMILES string of the molecule is O=c1oc2ccccc2cc1-c1n[c]no1. The van der Waals surface area contributed by atoms with E-state index in [4.69, 9.17) is 8.94 Å². The average Bonchev–Trinajstić information content (AvgIpc) is 2.81. The summed E-state index contributed by atoms with van der Waals surface area (Å²) in [7, 11) is 0. The van der Waals surface area contributed by atoms with Gasteiger partial charge in [0.1, 0.15) is 11.1 Å². The molecule has 0 N–H and O–H groups in total. The molecule has 16 heavy (non-hydrogen) atoms. The summed E-state index contributed by atoms with van der Waals surface area (Å²) < 4.78 is 9.89. The molecule has 1 radical (unpaired) electrons. The molecule has 0 bridgehead atoms. The second-order valence-electron chi connectivity index (χ2n) is 3.18. The van der Waals surface area contributed by atoms with E-state index in [1.165, 1.54) is 0 Å². The number of nitrogens with zero attached hydrogens (tertiary/aromatic N) is 2. The summed E-state index contributed by atoms with van der Waals surface area (Å²) in [5.74, 6) is 0.111. The summed E-state index contributed by atoms with van der Waals surface area (Å²) >= 11 is 0. The van der Waals surface area contributed by atoms with Crippen LogP contribution < -0.4 is 5.63 Å². The van der Waals surface area contributed by atoms with Crippen molar-refractivity contribution < 1.29 is 8.94 Å². The lowest BCUT2D eigenvalue weighted by Crippen LogP contribution is -2.02. The molecule has 0 amide bonds. The van der Waals surface area contributed by atoms with Crippen molar-refractivity contribution in [2.24, 2.45) is 0 Å². The molecule has 0 aliphatic carbocycles. The van der Waals surface area contributed by atoms with Gasteiger partial charge in [-0.1, -0.05) is 23.4 Å². The van der Waals surface area contributed by atoms with Crippen molar-refractivity contribution in [3.05, 3.63) is 47.1 Å². The van der Waals surface area contributed by atoms with Gasteiger partial charge in [0.2, 0.25) is 6.33 Å². The molecule has 2 heterocycles. The van der Waals surface area contributed by atoms with Crippen LogP contribution in [0.4, 0.5) is 0 Å². The molecule has 0 fully saturated rings. The molecular formula is C11H5N2O3. The molecule has 5 nitrogen and oxygen atoms in total. The van der Waals surface area contributed by atoms with Crippen LogP contribution in [-0.4, -0.2) is 10.1 Å². The summed E-state index contributed by atoms with van der Waals surface area (Å²) in [5, 5.41) is 4.13. The fourth-order valence-corrected chi connectivity index (χ4v) is 1.47. The maximum absolute atomic E-state index is 11.6. The van der Waals surface area contributed by atoms with E-state index in [1.807, 2.05) is 12.1 Å². The third kappa shape index (κ3) is 1.30. The van der Waals surface area contributed by atoms with Gasteiger partial charge in [-0.3, -0.25) is 0 Å².